The molecule has 0 amide bonds. The molecule has 2 aromatic carbocycles. The van der Waals surface area contributed by atoms with Crippen LogP contribution in [0.1, 0.15) is 28.1 Å². The third-order valence-corrected chi connectivity index (χ3v) is 3.45. The molecule has 132 valence electrons. The van der Waals surface area contributed by atoms with E-state index in [1.165, 1.54) is 12.1 Å². The molecule has 0 bridgehead atoms. The molecule has 2 aromatic rings. The van der Waals surface area contributed by atoms with Gasteiger partial charge in [0.15, 0.2) is 0 Å². The number of hydroxylamine groups is 1. The summed E-state index contributed by atoms with van der Waals surface area (Å²) in [4.78, 5) is 10.1. The molecule has 0 radical (unpaired) electrons. The smallest absolute Gasteiger partial charge is 0.288 e. The molecule has 1 unspecified atom stereocenters. The van der Waals surface area contributed by atoms with Crippen molar-refractivity contribution in [1.29, 1.82) is 0 Å². The first-order valence-electron chi connectivity index (χ1n) is 8.41. The summed E-state index contributed by atoms with van der Waals surface area (Å²) in [7, 11) is 0. The Morgan fingerprint density at radius 1 is 1.24 bits per heavy atom. The largest absolute Gasteiger partial charge is 0.416 e. The molecule has 0 aliphatic heterocycles. The van der Waals surface area contributed by atoms with E-state index in [4.69, 9.17) is 4.11 Å². The lowest BCUT2D eigenvalue weighted by Crippen LogP contribution is -2.25. The molecule has 0 heterocycles. The minimum Gasteiger partial charge on any atom is -0.288 e. The van der Waals surface area contributed by atoms with Crippen LogP contribution in [0.2, 0.25) is 0 Å². The van der Waals surface area contributed by atoms with Gasteiger partial charge in [-0.15, -0.1) is 0 Å². The van der Waals surface area contributed by atoms with E-state index in [-0.39, 0.29) is 16.9 Å². The minimum absolute atomic E-state index is 0.000831. The number of halogens is 3. The van der Waals surface area contributed by atoms with Crippen LogP contribution in [0.5, 0.6) is 0 Å². The lowest BCUT2D eigenvalue weighted by Gasteiger charge is -2.28. The van der Waals surface area contributed by atoms with Crippen molar-refractivity contribution in [2.45, 2.75) is 19.1 Å². The molecule has 0 aromatic heterocycles. The Kier molecular flexibility index (Phi) is 4.02. The van der Waals surface area contributed by atoms with E-state index < -0.39 is 35.1 Å². The van der Waals surface area contributed by atoms with Gasteiger partial charge in [-0.3, -0.25) is 15.3 Å². The molecule has 5 nitrogen and oxygen atoms in total. The molecule has 0 aliphatic carbocycles. The Labute approximate surface area is 145 Å². The summed E-state index contributed by atoms with van der Waals surface area (Å²) in [6, 6.07) is 6.76. The summed E-state index contributed by atoms with van der Waals surface area (Å²) in [5, 5.41) is 21.8. The summed E-state index contributed by atoms with van der Waals surface area (Å²) in [6.45, 7) is 0.758. The first kappa shape index (κ1) is 14.5. The second-order valence-corrected chi connectivity index (χ2v) is 5.17. The molecule has 1 atom stereocenters. The van der Waals surface area contributed by atoms with Crippen molar-refractivity contribution in [3.63, 3.8) is 0 Å². The molecule has 0 aliphatic rings. The van der Waals surface area contributed by atoms with Gasteiger partial charge in [0, 0.05) is 16.2 Å². The molecule has 0 saturated carbocycles. The van der Waals surface area contributed by atoms with Crippen molar-refractivity contribution < 1.29 is 27.4 Å². The van der Waals surface area contributed by atoms with Crippen LogP contribution >= 0.6 is 0 Å². The van der Waals surface area contributed by atoms with Gasteiger partial charge in [0.05, 0.1) is 16.2 Å². The highest BCUT2D eigenvalue weighted by atomic mass is 19.4. The maximum absolute atomic E-state index is 12.8. The summed E-state index contributed by atoms with van der Waals surface area (Å²) in [5.74, 6) is 0. The lowest BCUT2D eigenvalue weighted by atomic mass is 9.98. The van der Waals surface area contributed by atoms with Gasteiger partial charge in [-0.05, 0) is 36.7 Å². The Balaban J connectivity index is 2.47. The minimum atomic E-state index is -4.58. The van der Waals surface area contributed by atoms with Gasteiger partial charge < -0.3 is 0 Å². The van der Waals surface area contributed by atoms with E-state index in [2.05, 4.69) is 6.58 Å². The average Bonchev–Trinajstić information content (AvgIpc) is 2.60. The fraction of sp³-hybridized carbons (Fsp3) is 0.176. The van der Waals surface area contributed by atoms with Crippen LogP contribution in [-0.2, 0) is 6.18 Å². The highest BCUT2D eigenvalue weighted by Crippen LogP contribution is 2.34. The van der Waals surface area contributed by atoms with Crippen LogP contribution in [0, 0.1) is 10.1 Å². The molecule has 8 heteroatoms. The van der Waals surface area contributed by atoms with E-state index in [0.29, 0.717) is 5.06 Å². The van der Waals surface area contributed by atoms with Crippen molar-refractivity contribution in [3.8, 4) is 0 Å². The third-order valence-electron chi connectivity index (χ3n) is 3.45. The number of anilines is 1. The Morgan fingerprint density at radius 2 is 1.80 bits per heavy atom. The number of non-ortho nitro benzene ring substituents is 1. The first-order valence-corrected chi connectivity index (χ1v) is 6.91. The summed E-state index contributed by atoms with van der Waals surface area (Å²) >= 11 is 0. The van der Waals surface area contributed by atoms with Crippen LogP contribution in [0.15, 0.2) is 60.7 Å². The number of alkyl halides is 3. The Hall–Kier alpha value is -2.87. The third kappa shape index (κ3) is 4.16. The van der Waals surface area contributed by atoms with Crippen LogP contribution in [0.3, 0.4) is 0 Å². The van der Waals surface area contributed by atoms with Crippen LogP contribution in [0.4, 0.5) is 24.5 Å². The maximum Gasteiger partial charge on any atom is 0.416 e. The van der Waals surface area contributed by atoms with Crippen LogP contribution < -0.4 is 5.06 Å². The van der Waals surface area contributed by atoms with E-state index in [1.54, 1.807) is 0 Å². The predicted octanol–water partition coefficient (Wildman–Crippen LogP) is 5.13. The van der Waals surface area contributed by atoms with E-state index in [9.17, 15) is 28.5 Å². The van der Waals surface area contributed by atoms with Gasteiger partial charge in [-0.2, -0.15) is 13.2 Å². The first-order chi connectivity index (χ1) is 12.8. The summed E-state index contributed by atoms with van der Waals surface area (Å²) in [6.07, 6.45) is -4.58. The molecule has 0 spiro atoms. The van der Waals surface area contributed by atoms with Gasteiger partial charge in [0.25, 0.3) is 5.69 Å². The second kappa shape index (κ2) is 6.94. The SMILES string of the molecule is [2H]C([2H])([2H])C(=C)C(c1ccc(C(F)(F)F)cc1)N(O)c1ccc([N+](=O)[O-])cc1. The highest BCUT2D eigenvalue weighted by Gasteiger charge is 2.31. The normalized spacial score (nSPS) is 14.8. The van der Waals surface area contributed by atoms with Gasteiger partial charge in [0.2, 0.25) is 0 Å². The van der Waals surface area contributed by atoms with E-state index in [1.807, 2.05) is 0 Å². The van der Waals surface area contributed by atoms with Gasteiger partial charge in [-0.1, -0.05) is 24.3 Å². The number of nitrogens with zero attached hydrogens (tertiary/aromatic N) is 2. The molecule has 0 saturated heterocycles. The zero-order valence-electron chi connectivity index (χ0n) is 15.7. The number of nitro groups is 1. The zero-order valence-corrected chi connectivity index (χ0v) is 12.7. The van der Waals surface area contributed by atoms with Crippen LogP contribution in [-0.4, -0.2) is 10.1 Å². The fourth-order valence-corrected chi connectivity index (χ4v) is 2.22. The lowest BCUT2D eigenvalue weighted by molar-refractivity contribution is -0.384. The quantitative estimate of drug-likeness (QED) is 0.459. The molecule has 2 rings (SSSR count). The highest BCUT2D eigenvalue weighted by molar-refractivity contribution is 5.52. The Bertz CT molecular complexity index is 866. The van der Waals surface area contributed by atoms with Crippen molar-refractivity contribution in [1.82, 2.24) is 0 Å². The summed E-state index contributed by atoms with van der Waals surface area (Å²) < 4.78 is 60.9. The van der Waals surface area contributed by atoms with Crippen molar-refractivity contribution in [2.75, 3.05) is 5.06 Å². The predicted molar refractivity (Wildman–Crippen MR) is 86.4 cm³/mol. The van der Waals surface area contributed by atoms with Gasteiger partial charge >= 0.3 is 6.18 Å². The van der Waals surface area contributed by atoms with E-state index >= 15 is 0 Å². The number of nitro benzene ring substituents is 1. The Morgan fingerprint density at radius 3 is 2.24 bits per heavy atom. The standard InChI is InChI=1S/C17H15F3N2O3/c1-11(2)16(12-3-5-13(6-4-12)17(18,19)20)21(23)14-7-9-15(10-8-14)22(24)25/h3-10,16,23H,1H2,2H3/i2D3. The fourth-order valence-electron chi connectivity index (χ4n) is 2.22. The average molecular weight is 355 g/mol. The second-order valence-electron chi connectivity index (χ2n) is 5.17. The topological polar surface area (TPSA) is 66.6 Å². The molecular formula is C17H15F3N2O3. The van der Waals surface area contributed by atoms with Crippen LogP contribution in [0.25, 0.3) is 0 Å². The van der Waals surface area contributed by atoms with Crippen molar-refractivity contribution in [2.24, 2.45) is 0 Å². The molecule has 25 heavy (non-hydrogen) atoms. The van der Waals surface area contributed by atoms with Gasteiger partial charge in [0.1, 0.15) is 6.04 Å². The monoisotopic (exact) mass is 355 g/mol. The molecule has 1 N–H and O–H groups in total. The molecular weight excluding hydrogens is 337 g/mol. The van der Waals surface area contributed by atoms with E-state index in [0.717, 1.165) is 36.4 Å². The number of hydrogen-bond donors (Lipinski definition) is 1. The number of benzene rings is 2. The number of hydrogen-bond acceptors (Lipinski definition) is 4. The van der Waals surface area contributed by atoms with Crippen molar-refractivity contribution in [3.05, 3.63) is 81.9 Å². The molecule has 0 fully saturated rings. The number of rotatable bonds is 5. The van der Waals surface area contributed by atoms with Crippen molar-refractivity contribution >= 4 is 11.4 Å². The zero-order chi connectivity index (χ0) is 21.3. The summed E-state index contributed by atoms with van der Waals surface area (Å²) in [5.41, 5.74) is -1.57. The maximum atomic E-state index is 12.8. The van der Waals surface area contributed by atoms with Gasteiger partial charge in [-0.25, -0.2) is 5.06 Å².